The Balaban J connectivity index is 1.95. The van der Waals surface area contributed by atoms with Crippen molar-refractivity contribution in [2.75, 3.05) is 6.54 Å². The third kappa shape index (κ3) is 3.85. The van der Waals surface area contributed by atoms with Crippen LogP contribution in [0, 0.1) is 17.3 Å². The van der Waals surface area contributed by atoms with E-state index in [2.05, 4.69) is 26.1 Å². The van der Waals surface area contributed by atoms with Crippen LogP contribution in [0.5, 0.6) is 0 Å². The number of nitrogens with one attached hydrogen (secondary N) is 1. The number of hydrogen-bond donors (Lipinski definition) is 2. The lowest BCUT2D eigenvalue weighted by molar-refractivity contribution is -0.133. The summed E-state index contributed by atoms with van der Waals surface area (Å²) in [5.74, 6) is 0.527. The van der Waals surface area contributed by atoms with E-state index < -0.39 is 6.10 Å². The number of aliphatic hydroxyl groups excluding tert-OH is 1. The Bertz CT molecular complexity index is 469. The summed E-state index contributed by atoms with van der Waals surface area (Å²) in [6.45, 7) is 6.81. The molecule has 1 aliphatic carbocycles. The van der Waals surface area contributed by atoms with Crippen molar-refractivity contribution in [3.63, 3.8) is 0 Å². The minimum absolute atomic E-state index is 0.0363. The van der Waals surface area contributed by atoms with E-state index in [1.165, 1.54) is 6.42 Å². The van der Waals surface area contributed by atoms with Crippen LogP contribution in [0.1, 0.15) is 51.7 Å². The summed E-state index contributed by atoms with van der Waals surface area (Å²) in [6.07, 6.45) is 2.77. The topological polar surface area (TPSA) is 49.3 Å². The van der Waals surface area contributed by atoms with E-state index in [0.717, 1.165) is 18.4 Å². The van der Waals surface area contributed by atoms with E-state index in [1.807, 2.05) is 30.3 Å². The molecule has 0 heterocycles. The maximum Gasteiger partial charge on any atom is 0.224 e. The molecule has 0 saturated heterocycles. The van der Waals surface area contributed by atoms with Crippen LogP contribution in [0.15, 0.2) is 30.3 Å². The van der Waals surface area contributed by atoms with Gasteiger partial charge in [0.15, 0.2) is 0 Å². The number of carbonyl (C=O) groups excluding carboxylic acids is 1. The molecule has 1 amide bonds. The molecule has 3 heteroatoms. The summed E-state index contributed by atoms with van der Waals surface area (Å²) in [7, 11) is 0. The molecule has 1 saturated carbocycles. The van der Waals surface area contributed by atoms with Crippen LogP contribution >= 0.6 is 0 Å². The SMILES string of the molecule is C[C@H]1CCCC(C)(C)C1C(=O)NC[C@H](O)c1ccccc1. The van der Waals surface area contributed by atoms with Gasteiger partial charge >= 0.3 is 0 Å². The minimum atomic E-state index is -0.642. The molecule has 1 unspecified atom stereocenters. The second kappa shape index (κ2) is 6.61. The Hall–Kier alpha value is -1.35. The smallest absolute Gasteiger partial charge is 0.224 e. The van der Waals surface area contributed by atoms with E-state index in [-0.39, 0.29) is 23.8 Å². The fraction of sp³-hybridized carbons (Fsp3) is 0.611. The lowest BCUT2D eigenvalue weighted by Crippen LogP contribution is -2.45. The van der Waals surface area contributed by atoms with Gasteiger partial charge in [-0.15, -0.1) is 0 Å². The van der Waals surface area contributed by atoms with Gasteiger partial charge in [0.25, 0.3) is 0 Å². The highest BCUT2D eigenvalue weighted by Crippen LogP contribution is 2.43. The summed E-state index contributed by atoms with van der Waals surface area (Å²) in [5.41, 5.74) is 0.883. The first-order valence-corrected chi connectivity index (χ1v) is 7.92. The average molecular weight is 289 g/mol. The van der Waals surface area contributed by atoms with Crippen LogP contribution in [0.2, 0.25) is 0 Å². The lowest BCUT2D eigenvalue weighted by atomic mass is 9.64. The fourth-order valence-corrected chi connectivity index (χ4v) is 3.69. The van der Waals surface area contributed by atoms with Crippen LogP contribution in [-0.2, 0) is 4.79 Å². The predicted molar refractivity (Wildman–Crippen MR) is 84.7 cm³/mol. The zero-order valence-corrected chi connectivity index (χ0v) is 13.3. The Morgan fingerprint density at radius 1 is 1.38 bits per heavy atom. The Labute approximate surface area is 127 Å². The van der Waals surface area contributed by atoms with Gasteiger partial charge in [-0.1, -0.05) is 57.5 Å². The number of hydrogen-bond acceptors (Lipinski definition) is 2. The summed E-state index contributed by atoms with van der Waals surface area (Å²) in [6, 6.07) is 9.47. The molecule has 1 aromatic carbocycles. The minimum Gasteiger partial charge on any atom is -0.387 e. The molecule has 116 valence electrons. The quantitative estimate of drug-likeness (QED) is 0.893. The largest absolute Gasteiger partial charge is 0.387 e. The first kappa shape index (κ1) is 16.0. The first-order chi connectivity index (χ1) is 9.92. The third-order valence-electron chi connectivity index (χ3n) is 4.83. The van der Waals surface area contributed by atoms with E-state index in [1.54, 1.807) is 0 Å². The van der Waals surface area contributed by atoms with Crippen molar-refractivity contribution in [3.8, 4) is 0 Å². The number of rotatable bonds is 4. The highest BCUT2D eigenvalue weighted by atomic mass is 16.3. The Morgan fingerprint density at radius 3 is 2.67 bits per heavy atom. The van der Waals surface area contributed by atoms with E-state index >= 15 is 0 Å². The van der Waals surface area contributed by atoms with Crippen LogP contribution in [-0.4, -0.2) is 17.6 Å². The number of amides is 1. The molecule has 3 atom stereocenters. The monoisotopic (exact) mass is 289 g/mol. The van der Waals surface area contributed by atoms with Gasteiger partial charge in [0.05, 0.1) is 6.10 Å². The van der Waals surface area contributed by atoms with Crippen molar-refractivity contribution in [2.45, 2.75) is 46.1 Å². The Kier molecular flexibility index (Phi) is 5.04. The number of carbonyl (C=O) groups is 1. The molecule has 0 spiro atoms. The molecular formula is C18H27NO2. The van der Waals surface area contributed by atoms with Gasteiger partial charge in [-0.2, -0.15) is 0 Å². The second-order valence-electron chi connectivity index (χ2n) is 7.01. The molecule has 0 aromatic heterocycles. The summed E-state index contributed by atoms with van der Waals surface area (Å²) in [5, 5.41) is 13.1. The van der Waals surface area contributed by atoms with Gasteiger partial charge in [0, 0.05) is 12.5 Å². The molecule has 21 heavy (non-hydrogen) atoms. The Morgan fingerprint density at radius 2 is 2.05 bits per heavy atom. The van der Waals surface area contributed by atoms with E-state index in [9.17, 15) is 9.90 Å². The summed E-state index contributed by atoms with van der Waals surface area (Å²) in [4.78, 5) is 12.5. The zero-order valence-electron chi connectivity index (χ0n) is 13.3. The molecule has 0 radical (unpaired) electrons. The molecule has 1 fully saturated rings. The van der Waals surface area contributed by atoms with Gasteiger partial charge in [0.2, 0.25) is 5.91 Å². The molecule has 2 N–H and O–H groups in total. The van der Waals surface area contributed by atoms with Crippen molar-refractivity contribution >= 4 is 5.91 Å². The molecule has 3 nitrogen and oxygen atoms in total. The van der Waals surface area contributed by atoms with Crippen molar-refractivity contribution in [2.24, 2.45) is 17.3 Å². The van der Waals surface area contributed by atoms with Gasteiger partial charge in [-0.05, 0) is 29.7 Å². The maximum atomic E-state index is 12.5. The van der Waals surface area contributed by atoms with Crippen LogP contribution in [0.25, 0.3) is 0 Å². The first-order valence-electron chi connectivity index (χ1n) is 7.92. The normalized spacial score (nSPS) is 26.1. The number of aliphatic hydroxyl groups is 1. The average Bonchev–Trinajstić information content (AvgIpc) is 2.44. The molecule has 1 aliphatic rings. The molecule has 2 rings (SSSR count). The number of benzene rings is 1. The summed E-state index contributed by atoms with van der Waals surface area (Å²) < 4.78 is 0. The predicted octanol–water partition coefficient (Wildman–Crippen LogP) is 3.30. The lowest BCUT2D eigenvalue weighted by Gasteiger charge is -2.41. The fourth-order valence-electron chi connectivity index (χ4n) is 3.69. The van der Waals surface area contributed by atoms with E-state index in [0.29, 0.717) is 5.92 Å². The summed E-state index contributed by atoms with van der Waals surface area (Å²) >= 11 is 0. The van der Waals surface area contributed by atoms with Gasteiger partial charge in [-0.3, -0.25) is 4.79 Å². The molecule has 1 aromatic rings. The van der Waals surface area contributed by atoms with Gasteiger partial charge < -0.3 is 10.4 Å². The van der Waals surface area contributed by atoms with Crippen molar-refractivity contribution in [1.29, 1.82) is 0 Å². The molecular weight excluding hydrogens is 262 g/mol. The van der Waals surface area contributed by atoms with Gasteiger partial charge in [0.1, 0.15) is 0 Å². The van der Waals surface area contributed by atoms with Crippen LogP contribution < -0.4 is 5.32 Å². The molecule has 0 bridgehead atoms. The van der Waals surface area contributed by atoms with Crippen LogP contribution in [0.4, 0.5) is 0 Å². The zero-order chi connectivity index (χ0) is 15.5. The third-order valence-corrected chi connectivity index (χ3v) is 4.83. The standard InChI is InChI=1S/C18H27NO2/c1-13-8-7-11-18(2,3)16(13)17(21)19-12-15(20)14-9-5-4-6-10-14/h4-6,9-10,13,15-16,20H,7-8,11-12H2,1-3H3,(H,19,21)/t13-,15-,16?/m0/s1. The van der Waals surface area contributed by atoms with Crippen molar-refractivity contribution in [1.82, 2.24) is 5.32 Å². The molecule has 0 aliphatic heterocycles. The van der Waals surface area contributed by atoms with Crippen molar-refractivity contribution in [3.05, 3.63) is 35.9 Å². The van der Waals surface area contributed by atoms with Crippen LogP contribution in [0.3, 0.4) is 0 Å². The van der Waals surface area contributed by atoms with Crippen molar-refractivity contribution < 1.29 is 9.90 Å². The highest BCUT2D eigenvalue weighted by Gasteiger charge is 2.41. The maximum absolute atomic E-state index is 12.5. The highest BCUT2D eigenvalue weighted by molar-refractivity contribution is 5.79. The second-order valence-corrected chi connectivity index (χ2v) is 7.01. The van der Waals surface area contributed by atoms with E-state index in [4.69, 9.17) is 0 Å². The van der Waals surface area contributed by atoms with Gasteiger partial charge in [-0.25, -0.2) is 0 Å².